The molecule has 0 spiro atoms. The minimum atomic E-state index is -0.831. The van der Waals surface area contributed by atoms with Crippen LogP contribution in [-0.2, 0) is 0 Å². The molecule has 2 aromatic carbocycles. The van der Waals surface area contributed by atoms with Gasteiger partial charge in [-0.15, -0.1) is 0 Å². The Bertz CT molecular complexity index is 1110. The second-order valence-corrected chi connectivity index (χ2v) is 5.86. The van der Waals surface area contributed by atoms with Crippen molar-refractivity contribution in [2.24, 2.45) is 4.99 Å². The number of aromatic nitrogens is 2. The summed E-state index contributed by atoms with van der Waals surface area (Å²) in [6.07, 6.45) is 1.20. The van der Waals surface area contributed by atoms with Gasteiger partial charge in [-0.3, -0.25) is 14.8 Å². The number of aliphatic imine (C=N–C) groups is 1. The molecule has 0 amide bonds. The molecule has 1 heterocycles. The number of halogens is 1. The molecule has 0 fully saturated rings. The number of rotatable bonds is 3. The molecule has 26 heavy (non-hydrogen) atoms. The van der Waals surface area contributed by atoms with Gasteiger partial charge in [-0.25, -0.2) is 13.8 Å². The maximum Gasteiger partial charge on any atom is 0.335 e. The molecule has 0 radical (unpaired) electrons. The second-order valence-electron chi connectivity index (χ2n) is 5.86. The molecular weight excluding hydrogens is 337 g/mol. The Labute approximate surface area is 147 Å². The van der Waals surface area contributed by atoms with Gasteiger partial charge in [-0.2, -0.15) is 0 Å². The van der Waals surface area contributed by atoms with Crippen LogP contribution < -0.4 is 11.2 Å². The molecule has 0 aliphatic heterocycles. The van der Waals surface area contributed by atoms with E-state index in [0.29, 0.717) is 5.69 Å². The smallest absolute Gasteiger partial charge is 0.335 e. The Kier molecular flexibility index (Phi) is 4.53. The zero-order valence-corrected chi connectivity index (χ0v) is 14.2. The van der Waals surface area contributed by atoms with Crippen molar-refractivity contribution in [3.05, 3.63) is 85.8 Å². The zero-order valence-electron chi connectivity index (χ0n) is 14.2. The molecule has 0 bridgehead atoms. The molecule has 3 aromatic rings. The summed E-state index contributed by atoms with van der Waals surface area (Å²) in [6, 6.07) is 10.6. The number of aromatic amines is 1. The summed E-state index contributed by atoms with van der Waals surface area (Å²) < 4.78 is 14.0. The first-order valence-corrected chi connectivity index (χ1v) is 7.82. The van der Waals surface area contributed by atoms with Crippen LogP contribution in [0.15, 0.2) is 57.0 Å². The van der Waals surface area contributed by atoms with E-state index in [1.54, 1.807) is 0 Å². The van der Waals surface area contributed by atoms with Crippen LogP contribution in [0.2, 0.25) is 0 Å². The minimum Gasteiger partial charge on any atom is -0.493 e. The summed E-state index contributed by atoms with van der Waals surface area (Å²) in [6.45, 7) is 3.78. The Morgan fingerprint density at radius 2 is 1.81 bits per heavy atom. The van der Waals surface area contributed by atoms with Gasteiger partial charge in [0.15, 0.2) is 0 Å². The van der Waals surface area contributed by atoms with Gasteiger partial charge in [-0.05, 0) is 55.3 Å². The fourth-order valence-electron chi connectivity index (χ4n) is 2.48. The predicted molar refractivity (Wildman–Crippen MR) is 97.5 cm³/mol. The highest BCUT2D eigenvalue weighted by atomic mass is 19.1. The van der Waals surface area contributed by atoms with Gasteiger partial charge < -0.3 is 5.11 Å². The molecule has 7 heteroatoms. The van der Waals surface area contributed by atoms with E-state index in [2.05, 4.69) is 9.98 Å². The molecule has 0 saturated carbocycles. The summed E-state index contributed by atoms with van der Waals surface area (Å²) in [4.78, 5) is 30.6. The average Bonchev–Trinajstić information content (AvgIpc) is 2.59. The van der Waals surface area contributed by atoms with E-state index in [0.717, 1.165) is 27.8 Å². The highest BCUT2D eigenvalue weighted by Gasteiger charge is 2.14. The van der Waals surface area contributed by atoms with Crippen molar-refractivity contribution in [2.45, 2.75) is 13.8 Å². The van der Waals surface area contributed by atoms with E-state index in [1.165, 1.54) is 18.3 Å². The first-order chi connectivity index (χ1) is 12.4. The van der Waals surface area contributed by atoms with Gasteiger partial charge in [0.25, 0.3) is 5.56 Å². The maximum atomic E-state index is 13.1. The highest BCUT2D eigenvalue weighted by Crippen LogP contribution is 2.21. The molecule has 1 aromatic heterocycles. The summed E-state index contributed by atoms with van der Waals surface area (Å²) in [5.41, 5.74) is 0.986. The Hall–Kier alpha value is -3.48. The largest absolute Gasteiger partial charge is 0.493 e. The molecule has 132 valence electrons. The molecule has 0 unspecified atom stereocenters. The molecule has 0 aliphatic carbocycles. The van der Waals surface area contributed by atoms with Crippen molar-refractivity contribution < 1.29 is 9.50 Å². The van der Waals surface area contributed by atoms with E-state index in [1.807, 2.05) is 32.0 Å². The quantitative estimate of drug-likeness (QED) is 0.710. The lowest BCUT2D eigenvalue weighted by molar-refractivity contribution is 0.430. The van der Waals surface area contributed by atoms with Gasteiger partial charge >= 0.3 is 5.69 Å². The molecule has 0 atom stereocenters. The van der Waals surface area contributed by atoms with Crippen LogP contribution >= 0.6 is 0 Å². The SMILES string of the molecule is Cc1ccc(C)c(N=Cc2c(O)n(-c3ccc(F)cc3)c(=O)[nH]c2=O)c1. The third kappa shape index (κ3) is 3.32. The van der Waals surface area contributed by atoms with Crippen LogP contribution in [0.1, 0.15) is 16.7 Å². The maximum absolute atomic E-state index is 13.1. The summed E-state index contributed by atoms with van der Waals surface area (Å²) in [5, 5.41) is 10.4. The summed E-state index contributed by atoms with van der Waals surface area (Å²) in [5.74, 6) is -1.05. The highest BCUT2D eigenvalue weighted by molar-refractivity contribution is 5.84. The standard InChI is InChI=1S/C19H16FN3O3/c1-11-3-4-12(2)16(9-11)21-10-15-17(24)22-19(26)23(18(15)25)14-7-5-13(20)6-8-14/h3-10,25H,1-2H3,(H,22,24,26). The van der Waals surface area contributed by atoms with Crippen LogP contribution in [0.3, 0.4) is 0 Å². The lowest BCUT2D eigenvalue weighted by atomic mass is 10.1. The van der Waals surface area contributed by atoms with Gasteiger partial charge in [0.1, 0.15) is 11.4 Å². The third-order valence-electron chi connectivity index (χ3n) is 3.90. The fraction of sp³-hybridized carbons (Fsp3) is 0.105. The van der Waals surface area contributed by atoms with E-state index in [-0.39, 0.29) is 11.3 Å². The van der Waals surface area contributed by atoms with E-state index in [4.69, 9.17) is 0 Å². The fourth-order valence-corrected chi connectivity index (χ4v) is 2.48. The normalized spacial score (nSPS) is 11.2. The van der Waals surface area contributed by atoms with Crippen LogP contribution in [0, 0.1) is 19.7 Å². The molecular formula is C19H16FN3O3. The van der Waals surface area contributed by atoms with Crippen LogP contribution in [0.5, 0.6) is 5.88 Å². The number of nitrogens with zero attached hydrogens (tertiary/aromatic N) is 2. The monoisotopic (exact) mass is 353 g/mol. The number of nitrogens with one attached hydrogen (secondary N) is 1. The van der Waals surface area contributed by atoms with Gasteiger partial charge in [0.05, 0.1) is 11.4 Å². The van der Waals surface area contributed by atoms with E-state index in [9.17, 15) is 19.1 Å². The van der Waals surface area contributed by atoms with Crippen LogP contribution in [0.25, 0.3) is 5.69 Å². The Morgan fingerprint density at radius 3 is 2.50 bits per heavy atom. The molecule has 2 N–H and O–H groups in total. The topological polar surface area (TPSA) is 87.4 Å². The lowest BCUT2D eigenvalue weighted by Gasteiger charge is -2.09. The molecule has 6 nitrogen and oxygen atoms in total. The van der Waals surface area contributed by atoms with E-state index >= 15 is 0 Å². The number of aromatic hydroxyl groups is 1. The second kappa shape index (κ2) is 6.79. The number of benzene rings is 2. The van der Waals surface area contributed by atoms with Crippen molar-refractivity contribution >= 4 is 11.9 Å². The van der Waals surface area contributed by atoms with Crippen molar-refractivity contribution in [1.29, 1.82) is 0 Å². The van der Waals surface area contributed by atoms with Gasteiger partial charge in [0.2, 0.25) is 5.88 Å². The Balaban J connectivity index is 2.14. The number of hydrogen-bond donors (Lipinski definition) is 2. The zero-order chi connectivity index (χ0) is 18.8. The van der Waals surface area contributed by atoms with Crippen molar-refractivity contribution in [2.75, 3.05) is 0 Å². The van der Waals surface area contributed by atoms with Gasteiger partial charge in [-0.1, -0.05) is 12.1 Å². The number of hydrogen-bond acceptors (Lipinski definition) is 4. The first-order valence-electron chi connectivity index (χ1n) is 7.82. The van der Waals surface area contributed by atoms with Gasteiger partial charge in [0, 0.05) is 6.21 Å². The summed E-state index contributed by atoms with van der Waals surface area (Å²) in [7, 11) is 0. The molecule has 0 aliphatic rings. The van der Waals surface area contributed by atoms with Crippen molar-refractivity contribution in [1.82, 2.24) is 9.55 Å². The predicted octanol–water partition coefficient (Wildman–Crippen LogP) is 2.74. The molecule has 0 saturated heterocycles. The Morgan fingerprint density at radius 1 is 1.12 bits per heavy atom. The number of H-pyrrole nitrogens is 1. The minimum absolute atomic E-state index is 0.171. The van der Waals surface area contributed by atoms with Crippen LogP contribution in [0.4, 0.5) is 10.1 Å². The summed E-state index contributed by atoms with van der Waals surface area (Å²) >= 11 is 0. The lowest BCUT2D eigenvalue weighted by Crippen LogP contribution is -2.31. The average molecular weight is 353 g/mol. The first kappa shape index (κ1) is 17.3. The van der Waals surface area contributed by atoms with E-state index < -0.39 is 22.9 Å². The van der Waals surface area contributed by atoms with Crippen LogP contribution in [-0.4, -0.2) is 20.9 Å². The van der Waals surface area contributed by atoms with Crippen molar-refractivity contribution in [3.8, 4) is 11.6 Å². The number of aryl methyl sites for hydroxylation is 2. The van der Waals surface area contributed by atoms with Crippen molar-refractivity contribution in [3.63, 3.8) is 0 Å². The molecule has 3 rings (SSSR count). The third-order valence-corrected chi connectivity index (χ3v) is 3.90.